The number of non-ortho nitro benzene ring substituents is 2. The summed E-state index contributed by atoms with van der Waals surface area (Å²) < 4.78 is 14.1. The van der Waals surface area contributed by atoms with Crippen LogP contribution >= 0.6 is 11.3 Å². The van der Waals surface area contributed by atoms with Gasteiger partial charge in [0.2, 0.25) is 0 Å². The van der Waals surface area contributed by atoms with Crippen LogP contribution in [0.5, 0.6) is 0 Å². The summed E-state index contributed by atoms with van der Waals surface area (Å²) in [6.45, 7) is 0. The van der Waals surface area contributed by atoms with Gasteiger partial charge in [-0.05, 0) is 18.2 Å². The minimum Gasteiger partial charge on any atom is -0.321 e. The SMILES string of the molecule is O=C(Nc1ccccc1-c1csc(-c2ccccc2F)n1)c1cc([N+](=O)[O-])cc([N+](=O)[O-])c1. The molecule has 0 aliphatic carbocycles. The Morgan fingerprint density at radius 1 is 0.909 bits per heavy atom. The van der Waals surface area contributed by atoms with Gasteiger partial charge in [0.1, 0.15) is 10.8 Å². The third-order valence-electron chi connectivity index (χ3n) is 4.65. The number of hydrogen-bond donors (Lipinski definition) is 1. The molecule has 0 fully saturated rings. The summed E-state index contributed by atoms with van der Waals surface area (Å²) in [6.07, 6.45) is 0. The van der Waals surface area contributed by atoms with E-state index in [1.807, 2.05) is 0 Å². The molecule has 4 rings (SSSR count). The molecule has 1 amide bonds. The number of hydrogen-bond acceptors (Lipinski definition) is 7. The van der Waals surface area contributed by atoms with Crippen LogP contribution in [0.2, 0.25) is 0 Å². The molecule has 3 aromatic carbocycles. The standard InChI is InChI=1S/C22H13FN4O5S/c23-18-7-3-1-5-16(18)22-25-20(12-33-22)17-6-2-4-8-19(17)24-21(28)13-9-14(26(29)30)11-15(10-13)27(31)32/h1-12H,(H,24,28). The van der Waals surface area contributed by atoms with E-state index in [1.165, 1.54) is 17.4 Å². The Morgan fingerprint density at radius 2 is 1.52 bits per heavy atom. The van der Waals surface area contributed by atoms with Crippen LogP contribution in [0.15, 0.2) is 72.1 Å². The molecule has 164 valence electrons. The third-order valence-corrected chi connectivity index (χ3v) is 5.52. The number of thiazole rings is 1. The molecule has 0 radical (unpaired) electrons. The first-order chi connectivity index (χ1) is 15.8. The zero-order chi connectivity index (χ0) is 23.5. The van der Waals surface area contributed by atoms with E-state index >= 15 is 0 Å². The summed E-state index contributed by atoms with van der Waals surface area (Å²) in [5.74, 6) is -1.17. The van der Waals surface area contributed by atoms with Crippen molar-refractivity contribution in [2.75, 3.05) is 5.32 Å². The molecule has 33 heavy (non-hydrogen) atoms. The number of para-hydroxylation sites is 1. The van der Waals surface area contributed by atoms with Gasteiger partial charge in [0.25, 0.3) is 17.3 Å². The first-order valence-electron chi connectivity index (χ1n) is 9.38. The van der Waals surface area contributed by atoms with Crippen molar-refractivity contribution in [2.45, 2.75) is 0 Å². The maximum Gasteiger partial charge on any atom is 0.277 e. The van der Waals surface area contributed by atoms with Crippen LogP contribution in [0.3, 0.4) is 0 Å². The second-order valence-corrected chi connectivity index (χ2v) is 7.63. The zero-order valence-corrected chi connectivity index (χ0v) is 17.4. The van der Waals surface area contributed by atoms with Gasteiger partial charge in [0, 0.05) is 28.6 Å². The summed E-state index contributed by atoms with van der Waals surface area (Å²) in [5, 5.41) is 27.0. The van der Waals surface area contributed by atoms with Gasteiger partial charge in [0.05, 0.1) is 32.9 Å². The van der Waals surface area contributed by atoms with E-state index in [-0.39, 0.29) is 5.56 Å². The average Bonchev–Trinajstić information content (AvgIpc) is 3.29. The number of nitrogens with zero attached hydrogens (tertiary/aromatic N) is 3. The summed E-state index contributed by atoms with van der Waals surface area (Å²) >= 11 is 1.23. The normalized spacial score (nSPS) is 10.6. The van der Waals surface area contributed by atoms with Crippen LogP contribution in [0, 0.1) is 26.0 Å². The molecular weight excluding hydrogens is 451 g/mol. The Labute approximate surface area is 189 Å². The lowest BCUT2D eigenvalue weighted by Crippen LogP contribution is -2.13. The highest BCUT2D eigenvalue weighted by atomic mass is 32.1. The first kappa shape index (κ1) is 21.7. The van der Waals surface area contributed by atoms with Crippen molar-refractivity contribution in [1.29, 1.82) is 0 Å². The molecule has 9 nitrogen and oxygen atoms in total. The lowest BCUT2D eigenvalue weighted by atomic mass is 10.1. The van der Waals surface area contributed by atoms with Gasteiger partial charge in [-0.2, -0.15) is 0 Å². The number of benzene rings is 3. The van der Waals surface area contributed by atoms with Crippen LogP contribution in [0.4, 0.5) is 21.5 Å². The van der Waals surface area contributed by atoms with E-state index in [4.69, 9.17) is 0 Å². The quantitative estimate of drug-likeness (QED) is 0.289. The predicted molar refractivity (Wildman–Crippen MR) is 121 cm³/mol. The Balaban J connectivity index is 1.67. The number of nitrogens with one attached hydrogen (secondary N) is 1. The van der Waals surface area contributed by atoms with E-state index in [2.05, 4.69) is 10.3 Å². The van der Waals surface area contributed by atoms with E-state index in [9.17, 15) is 29.4 Å². The van der Waals surface area contributed by atoms with E-state index < -0.39 is 32.9 Å². The molecule has 0 aliphatic rings. The molecule has 1 N–H and O–H groups in total. The van der Waals surface area contributed by atoms with Gasteiger partial charge >= 0.3 is 0 Å². The van der Waals surface area contributed by atoms with Crippen molar-refractivity contribution in [3.8, 4) is 21.8 Å². The number of aromatic nitrogens is 1. The van der Waals surface area contributed by atoms with Crippen LogP contribution < -0.4 is 5.32 Å². The number of anilines is 1. The van der Waals surface area contributed by atoms with Crippen molar-refractivity contribution in [2.24, 2.45) is 0 Å². The van der Waals surface area contributed by atoms with Crippen LogP contribution in [-0.2, 0) is 0 Å². The monoisotopic (exact) mass is 464 g/mol. The number of carbonyl (C=O) groups excluding carboxylic acids is 1. The van der Waals surface area contributed by atoms with Gasteiger partial charge in [0.15, 0.2) is 0 Å². The van der Waals surface area contributed by atoms with Crippen LogP contribution in [-0.4, -0.2) is 20.7 Å². The smallest absolute Gasteiger partial charge is 0.277 e. The molecule has 0 aliphatic heterocycles. The van der Waals surface area contributed by atoms with Gasteiger partial charge in [-0.25, -0.2) is 9.37 Å². The third kappa shape index (κ3) is 4.57. The zero-order valence-electron chi connectivity index (χ0n) is 16.6. The Hall–Kier alpha value is -4.51. The minimum absolute atomic E-state index is 0.240. The molecule has 0 bridgehead atoms. The highest BCUT2D eigenvalue weighted by Crippen LogP contribution is 2.34. The molecule has 0 atom stereocenters. The maximum absolute atomic E-state index is 14.1. The van der Waals surface area contributed by atoms with Gasteiger partial charge in [-0.1, -0.05) is 30.3 Å². The second-order valence-electron chi connectivity index (χ2n) is 6.77. The number of halogens is 1. The van der Waals surface area contributed by atoms with E-state index in [0.29, 0.717) is 27.5 Å². The summed E-state index contributed by atoms with van der Waals surface area (Å²) in [7, 11) is 0. The molecular formula is C22H13FN4O5S. The van der Waals surface area contributed by atoms with Gasteiger partial charge in [-0.3, -0.25) is 25.0 Å². The van der Waals surface area contributed by atoms with Gasteiger partial charge < -0.3 is 5.32 Å². The van der Waals surface area contributed by atoms with E-state index in [0.717, 1.165) is 18.2 Å². The molecule has 1 aromatic heterocycles. The summed E-state index contributed by atoms with van der Waals surface area (Å²) in [6, 6.07) is 15.6. The van der Waals surface area contributed by atoms with Crippen molar-refractivity contribution in [1.82, 2.24) is 4.98 Å². The van der Waals surface area contributed by atoms with Crippen LogP contribution in [0.1, 0.15) is 10.4 Å². The molecule has 1 heterocycles. The van der Waals surface area contributed by atoms with Crippen molar-refractivity contribution in [3.63, 3.8) is 0 Å². The first-order valence-corrected chi connectivity index (χ1v) is 10.3. The fourth-order valence-electron chi connectivity index (χ4n) is 3.10. The van der Waals surface area contributed by atoms with Crippen LogP contribution in [0.25, 0.3) is 21.8 Å². The highest BCUT2D eigenvalue weighted by Gasteiger charge is 2.21. The average molecular weight is 464 g/mol. The second kappa shape index (κ2) is 8.93. The van der Waals surface area contributed by atoms with Gasteiger partial charge in [-0.15, -0.1) is 11.3 Å². The lowest BCUT2D eigenvalue weighted by Gasteiger charge is -2.10. The van der Waals surface area contributed by atoms with Crippen molar-refractivity contribution < 1.29 is 19.0 Å². The number of nitro benzene ring substituents is 2. The number of nitro groups is 2. The molecule has 0 saturated carbocycles. The molecule has 0 saturated heterocycles. The summed E-state index contributed by atoms with van der Waals surface area (Å²) in [5.41, 5.74) is 0.314. The Kier molecular flexibility index (Phi) is 5.87. The molecule has 11 heteroatoms. The Morgan fingerprint density at radius 3 is 2.15 bits per heavy atom. The number of carbonyl (C=O) groups is 1. The molecule has 0 spiro atoms. The maximum atomic E-state index is 14.1. The number of amides is 1. The van der Waals surface area contributed by atoms with E-state index in [1.54, 1.807) is 47.8 Å². The van der Waals surface area contributed by atoms with Crippen molar-refractivity contribution in [3.05, 3.63) is 104 Å². The predicted octanol–water partition coefficient (Wildman–Crippen LogP) is 5.68. The number of rotatable bonds is 6. The lowest BCUT2D eigenvalue weighted by molar-refractivity contribution is -0.394. The summed E-state index contributed by atoms with van der Waals surface area (Å²) in [4.78, 5) is 37.9. The fourth-order valence-corrected chi connectivity index (χ4v) is 3.95. The largest absolute Gasteiger partial charge is 0.321 e. The van der Waals surface area contributed by atoms with Crippen molar-refractivity contribution >= 4 is 34.3 Å². The molecule has 0 unspecified atom stereocenters. The molecule has 4 aromatic rings. The Bertz CT molecular complexity index is 1370. The highest BCUT2D eigenvalue weighted by molar-refractivity contribution is 7.13. The minimum atomic E-state index is -0.808. The topological polar surface area (TPSA) is 128 Å². The fraction of sp³-hybridized carbons (Fsp3) is 0.